The maximum absolute atomic E-state index is 2.45. The minimum absolute atomic E-state index is 1.18. The standard InChI is InChI=1S/C46H30N2.C44H28N2/c1-3-13-31(14-4-1)35-19-11-21-37-36(35)20-12-24-44(37)48-43-23-10-8-18-39(43)41-30-33(26-28-46(41)48)32-25-27-45-40(29-32)38-17-7-9-22-42(38)47(45)34-15-5-2-6-16-34;1-2-12-31-26-34(23-20-29(31)10-1)45-41-17-7-5-15-36(41)38-27-32(21-24-43(38)45)33-22-25-44-39(28-33)37-16-6-8-18-42(37)46(44)40-19-9-13-30-11-3-4-14-35(30)40/h1-30H;1-28H. The van der Waals surface area contributed by atoms with Crippen molar-refractivity contribution in [2.75, 3.05) is 0 Å². The Labute approximate surface area is 542 Å². The maximum Gasteiger partial charge on any atom is 0.0541 e. The molecule has 0 atom stereocenters. The molecule has 0 unspecified atom stereocenters. The fourth-order valence-corrected chi connectivity index (χ4v) is 15.3. The Bertz CT molecular complexity index is 6410. The molecule has 0 N–H and O–H groups in total. The molecule has 4 aromatic heterocycles. The van der Waals surface area contributed by atoms with Crippen molar-refractivity contribution < 1.29 is 0 Å². The van der Waals surface area contributed by atoms with Crippen LogP contribution >= 0.6 is 0 Å². The molecule has 0 saturated heterocycles. The van der Waals surface area contributed by atoms with Gasteiger partial charge in [-0.25, -0.2) is 0 Å². The van der Waals surface area contributed by atoms with E-state index in [-0.39, 0.29) is 0 Å². The third kappa shape index (κ3) is 8.47. The van der Waals surface area contributed by atoms with Gasteiger partial charge in [0.2, 0.25) is 0 Å². The van der Waals surface area contributed by atoms with Crippen LogP contribution in [0.25, 0.3) is 176 Å². The molecule has 16 aromatic carbocycles. The van der Waals surface area contributed by atoms with E-state index in [1.807, 2.05) is 0 Å². The summed E-state index contributed by atoms with van der Waals surface area (Å²) in [5.41, 5.74) is 21.9. The van der Waals surface area contributed by atoms with Gasteiger partial charge in [0.15, 0.2) is 0 Å². The fraction of sp³-hybridized carbons (Fsp3) is 0. The molecule has 4 heteroatoms. The highest BCUT2D eigenvalue weighted by Crippen LogP contribution is 2.43. The van der Waals surface area contributed by atoms with Gasteiger partial charge < -0.3 is 18.3 Å². The second-order valence-corrected chi connectivity index (χ2v) is 24.7. The van der Waals surface area contributed by atoms with E-state index < -0.39 is 0 Å². The zero-order valence-corrected chi connectivity index (χ0v) is 51.3. The maximum atomic E-state index is 2.45. The van der Waals surface area contributed by atoms with Crippen LogP contribution in [0.1, 0.15) is 0 Å². The van der Waals surface area contributed by atoms with Crippen LogP contribution in [0, 0.1) is 0 Å². The van der Waals surface area contributed by atoms with Crippen molar-refractivity contribution in [3.05, 3.63) is 352 Å². The van der Waals surface area contributed by atoms with E-state index >= 15 is 0 Å². The van der Waals surface area contributed by atoms with Crippen molar-refractivity contribution in [1.29, 1.82) is 0 Å². The molecule has 0 fully saturated rings. The monoisotopic (exact) mass is 1190 g/mol. The Morgan fingerprint density at radius 3 is 1.03 bits per heavy atom. The van der Waals surface area contributed by atoms with Crippen LogP contribution in [-0.4, -0.2) is 18.3 Å². The van der Waals surface area contributed by atoms with E-state index in [0.717, 1.165) is 0 Å². The zero-order valence-electron chi connectivity index (χ0n) is 51.3. The van der Waals surface area contributed by atoms with Crippen LogP contribution in [-0.2, 0) is 0 Å². The minimum atomic E-state index is 1.18. The molecular weight excluding hydrogens is 1140 g/mol. The predicted molar refractivity (Wildman–Crippen MR) is 399 cm³/mol. The Balaban J connectivity index is 0.000000134. The van der Waals surface area contributed by atoms with E-state index in [0.29, 0.717) is 0 Å². The Morgan fingerprint density at radius 1 is 0.149 bits per heavy atom. The van der Waals surface area contributed by atoms with Crippen LogP contribution in [0.5, 0.6) is 0 Å². The highest BCUT2D eigenvalue weighted by Gasteiger charge is 2.21. The summed E-state index contributed by atoms with van der Waals surface area (Å²) in [6, 6.07) is 128. The third-order valence-electron chi connectivity index (χ3n) is 19.6. The van der Waals surface area contributed by atoms with Crippen molar-refractivity contribution in [1.82, 2.24) is 18.3 Å². The molecule has 0 bridgehead atoms. The van der Waals surface area contributed by atoms with Crippen LogP contribution in [0.4, 0.5) is 0 Å². The normalized spacial score (nSPS) is 11.8. The summed E-state index contributed by atoms with van der Waals surface area (Å²) >= 11 is 0. The SMILES string of the molecule is c1ccc(-c2cccc3c(-n4c5ccccc5c5cc(-c6ccc7c(c6)c6ccccc6n7-c6ccccc6)ccc54)cccc23)cc1.c1ccc2cc(-n3c4ccccc4c4cc(-c5ccc6c(c5)c5ccccc5n6-c5cccc6ccccc56)ccc43)ccc2c1. The second-order valence-electron chi connectivity index (χ2n) is 24.7. The Kier molecular flexibility index (Phi) is 12.3. The summed E-state index contributed by atoms with van der Waals surface area (Å²) in [5.74, 6) is 0. The molecule has 0 aliphatic carbocycles. The lowest BCUT2D eigenvalue weighted by atomic mass is 9.97. The molecule has 438 valence electrons. The molecule has 20 aromatic rings. The molecule has 0 saturated carbocycles. The van der Waals surface area contributed by atoms with Gasteiger partial charge in [-0.1, -0.05) is 243 Å². The first-order chi connectivity index (χ1) is 46.6. The molecule has 0 amide bonds. The largest absolute Gasteiger partial charge is 0.309 e. The van der Waals surface area contributed by atoms with Crippen molar-refractivity contribution in [3.8, 4) is 56.1 Å². The van der Waals surface area contributed by atoms with Crippen molar-refractivity contribution >= 4 is 120 Å². The first kappa shape index (κ1) is 53.3. The third-order valence-corrected chi connectivity index (χ3v) is 19.6. The number of hydrogen-bond donors (Lipinski definition) is 0. The number of nitrogens with zero attached hydrogens (tertiary/aromatic N) is 4. The first-order valence-electron chi connectivity index (χ1n) is 32.4. The van der Waals surface area contributed by atoms with Gasteiger partial charge in [-0.3, -0.25) is 0 Å². The second kappa shape index (κ2) is 21.6. The summed E-state index contributed by atoms with van der Waals surface area (Å²) < 4.78 is 9.65. The van der Waals surface area contributed by atoms with Crippen LogP contribution < -0.4 is 0 Å². The van der Waals surface area contributed by atoms with E-state index in [1.165, 1.54) is 176 Å². The quantitative estimate of drug-likeness (QED) is 0.152. The molecule has 0 spiro atoms. The predicted octanol–water partition coefficient (Wildman–Crippen LogP) is 24.2. The lowest BCUT2D eigenvalue weighted by Crippen LogP contribution is -1.96. The molecule has 20 rings (SSSR count). The average Bonchev–Trinajstić information content (AvgIpc) is 1.59. The van der Waals surface area contributed by atoms with Crippen molar-refractivity contribution in [3.63, 3.8) is 0 Å². The lowest BCUT2D eigenvalue weighted by molar-refractivity contribution is 1.18. The highest BCUT2D eigenvalue weighted by molar-refractivity contribution is 6.16. The summed E-state index contributed by atoms with van der Waals surface area (Å²) in [6.45, 7) is 0. The Hall–Kier alpha value is -12.5. The van der Waals surface area contributed by atoms with Gasteiger partial charge in [0.1, 0.15) is 0 Å². The number of benzene rings is 16. The summed E-state index contributed by atoms with van der Waals surface area (Å²) in [7, 11) is 0. The number of hydrogen-bond acceptors (Lipinski definition) is 0. The number of para-hydroxylation sites is 5. The highest BCUT2D eigenvalue weighted by atomic mass is 15.0. The number of rotatable bonds is 7. The van der Waals surface area contributed by atoms with Crippen molar-refractivity contribution in [2.45, 2.75) is 0 Å². The number of fused-ring (bicyclic) bond motifs is 15. The van der Waals surface area contributed by atoms with E-state index in [9.17, 15) is 0 Å². The summed E-state index contributed by atoms with van der Waals surface area (Å²) in [6.07, 6.45) is 0. The molecular formula is C90H58N4. The average molecular weight is 1200 g/mol. The molecule has 0 aliphatic heterocycles. The molecule has 94 heavy (non-hydrogen) atoms. The van der Waals surface area contributed by atoms with Crippen molar-refractivity contribution in [2.24, 2.45) is 0 Å². The molecule has 0 aliphatic rings. The van der Waals surface area contributed by atoms with Crippen LogP contribution in [0.3, 0.4) is 0 Å². The first-order valence-corrected chi connectivity index (χ1v) is 32.4. The topological polar surface area (TPSA) is 19.7 Å². The fourth-order valence-electron chi connectivity index (χ4n) is 15.3. The summed E-state index contributed by atoms with van der Waals surface area (Å²) in [4.78, 5) is 0. The van der Waals surface area contributed by atoms with Crippen LogP contribution in [0.2, 0.25) is 0 Å². The summed E-state index contributed by atoms with van der Waals surface area (Å²) in [5, 5.41) is 17.6. The van der Waals surface area contributed by atoms with E-state index in [2.05, 4.69) is 370 Å². The Morgan fingerprint density at radius 2 is 0.500 bits per heavy atom. The minimum Gasteiger partial charge on any atom is -0.309 e. The van der Waals surface area contributed by atoms with Gasteiger partial charge >= 0.3 is 0 Å². The van der Waals surface area contributed by atoms with Gasteiger partial charge in [-0.05, 0) is 164 Å². The van der Waals surface area contributed by atoms with E-state index in [4.69, 9.17) is 0 Å². The molecule has 4 heterocycles. The molecule has 0 radical (unpaired) electrons. The van der Waals surface area contributed by atoms with Gasteiger partial charge in [0.05, 0.1) is 55.5 Å². The lowest BCUT2D eigenvalue weighted by Gasteiger charge is -2.14. The zero-order chi connectivity index (χ0) is 61.8. The smallest absolute Gasteiger partial charge is 0.0541 e. The van der Waals surface area contributed by atoms with Gasteiger partial charge in [-0.2, -0.15) is 0 Å². The van der Waals surface area contributed by atoms with E-state index in [1.54, 1.807) is 0 Å². The van der Waals surface area contributed by atoms with Gasteiger partial charge in [0, 0.05) is 65.2 Å². The molecule has 4 nitrogen and oxygen atoms in total. The van der Waals surface area contributed by atoms with Crippen LogP contribution in [0.15, 0.2) is 352 Å². The van der Waals surface area contributed by atoms with Gasteiger partial charge in [-0.15, -0.1) is 0 Å². The van der Waals surface area contributed by atoms with Gasteiger partial charge in [0.25, 0.3) is 0 Å². The number of aromatic nitrogens is 4.